The van der Waals surface area contributed by atoms with E-state index >= 15 is 0 Å². The maximum atomic E-state index is 13.4. The Hall–Kier alpha value is -1.56. The SMILES string of the molecule is CC(C)CCC(C)Nc1cccc(F)c1C#N. The van der Waals surface area contributed by atoms with Crippen molar-refractivity contribution in [1.29, 1.82) is 5.26 Å². The van der Waals surface area contributed by atoms with Crippen LogP contribution in [0.1, 0.15) is 39.2 Å². The lowest BCUT2D eigenvalue weighted by Gasteiger charge is -2.17. The van der Waals surface area contributed by atoms with Crippen LogP contribution in [0.5, 0.6) is 0 Å². The molecule has 0 radical (unpaired) electrons. The van der Waals surface area contributed by atoms with Gasteiger partial charge >= 0.3 is 0 Å². The van der Waals surface area contributed by atoms with Crippen LogP contribution in [0.4, 0.5) is 10.1 Å². The van der Waals surface area contributed by atoms with E-state index in [1.54, 1.807) is 12.1 Å². The summed E-state index contributed by atoms with van der Waals surface area (Å²) in [4.78, 5) is 0. The molecule has 1 aromatic carbocycles. The predicted molar refractivity (Wildman–Crippen MR) is 68.3 cm³/mol. The van der Waals surface area contributed by atoms with Crippen molar-refractivity contribution >= 4 is 5.69 Å². The average molecular weight is 234 g/mol. The number of nitrogens with one attached hydrogen (secondary N) is 1. The third kappa shape index (κ3) is 4.07. The minimum atomic E-state index is -0.464. The van der Waals surface area contributed by atoms with Crippen LogP contribution >= 0.6 is 0 Å². The number of anilines is 1. The molecule has 17 heavy (non-hydrogen) atoms. The zero-order valence-corrected chi connectivity index (χ0v) is 10.6. The third-order valence-electron chi connectivity index (χ3n) is 2.70. The van der Waals surface area contributed by atoms with E-state index in [-0.39, 0.29) is 11.6 Å². The molecule has 0 fully saturated rings. The highest BCUT2D eigenvalue weighted by Gasteiger charge is 2.10. The first-order valence-corrected chi connectivity index (χ1v) is 5.99. The zero-order valence-electron chi connectivity index (χ0n) is 10.6. The summed E-state index contributed by atoms with van der Waals surface area (Å²) < 4.78 is 13.4. The Morgan fingerprint density at radius 1 is 1.29 bits per heavy atom. The summed E-state index contributed by atoms with van der Waals surface area (Å²) in [5.41, 5.74) is 0.688. The predicted octanol–water partition coefficient (Wildman–Crippen LogP) is 3.93. The molecular formula is C14H19FN2. The van der Waals surface area contributed by atoms with Gasteiger partial charge in [0.15, 0.2) is 0 Å². The van der Waals surface area contributed by atoms with Crippen molar-refractivity contribution in [3.8, 4) is 6.07 Å². The van der Waals surface area contributed by atoms with E-state index in [2.05, 4.69) is 26.1 Å². The van der Waals surface area contributed by atoms with Gasteiger partial charge in [0.1, 0.15) is 17.4 Å². The van der Waals surface area contributed by atoms with Crippen molar-refractivity contribution in [2.75, 3.05) is 5.32 Å². The second-order valence-corrected chi connectivity index (χ2v) is 4.79. The lowest BCUT2D eigenvalue weighted by Crippen LogP contribution is -2.16. The van der Waals surface area contributed by atoms with Gasteiger partial charge in [-0.1, -0.05) is 19.9 Å². The summed E-state index contributed by atoms with van der Waals surface area (Å²) in [5.74, 6) is 0.191. The molecule has 3 heteroatoms. The fraction of sp³-hybridized carbons (Fsp3) is 0.500. The molecule has 0 aliphatic carbocycles. The van der Waals surface area contributed by atoms with Crippen LogP contribution in [0.2, 0.25) is 0 Å². The molecule has 0 saturated heterocycles. The molecule has 1 atom stereocenters. The molecule has 1 aromatic rings. The topological polar surface area (TPSA) is 35.8 Å². The summed E-state index contributed by atoms with van der Waals surface area (Å²) >= 11 is 0. The Bertz CT molecular complexity index is 407. The lowest BCUT2D eigenvalue weighted by molar-refractivity contribution is 0.527. The maximum Gasteiger partial charge on any atom is 0.143 e. The molecule has 2 nitrogen and oxygen atoms in total. The van der Waals surface area contributed by atoms with Crippen LogP contribution < -0.4 is 5.32 Å². The highest BCUT2D eigenvalue weighted by Crippen LogP contribution is 2.20. The van der Waals surface area contributed by atoms with Crippen LogP contribution in [0.3, 0.4) is 0 Å². The average Bonchev–Trinajstić information content (AvgIpc) is 2.27. The molecule has 0 bridgehead atoms. The van der Waals surface area contributed by atoms with Crippen molar-refractivity contribution in [1.82, 2.24) is 0 Å². The van der Waals surface area contributed by atoms with E-state index < -0.39 is 5.82 Å². The van der Waals surface area contributed by atoms with Gasteiger partial charge in [-0.25, -0.2) is 4.39 Å². The first-order chi connectivity index (χ1) is 8.04. The van der Waals surface area contributed by atoms with Crippen molar-refractivity contribution in [3.05, 3.63) is 29.6 Å². The number of nitrogens with zero attached hydrogens (tertiary/aromatic N) is 1. The van der Waals surface area contributed by atoms with Crippen molar-refractivity contribution in [2.24, 2.45) is 5.92 Å². The highest BCUT2D eigenvalue weighted by molar-refractivity contribution is 5.58. The minimum Gasteiger partial charge on any atom is -0.381 e. The van der Waals surface area contributed by atoms with E-state index in [4.69, 9.17) is 5.26 Å². The molecule has 92 valence electrons. The fourth-order valence-corrected chi connectivity index (χ4v) is 1.68. The summed E-state index contributed by atoms with van der Waals surface area (Å²) in [6.45, 7) is 6.40. The number of halogens is 1. The van der Waals surface area contributed by atoms with Gasteiger partial charge in [-0.05, 0) is 37.8 Å². The van der Waals surface area contributed by atoms with Crippen molar-refractivity contribution in [2.45, 2.75) is 39.7 Å². The molecule has 0 aromatic heterocycles. The quantitative estimate of drug-likeness (QED) is 0.837. The molecule has 0 aliphatic heterocycles. The van der Waals surface area contributed by atoms with Gasteiger partial charge in [-0.2, -0.15) is 5.26 Å². The number of rotatable bonds is 5. The van der Waals surface area contributed by atoms with Crippen molar-refractivity contribution in [3.63, 3.8) is 0 Å². The molecule has 0 spiro atoms. The molecular weight excluding hydrogens is 215 g/mol. The number of nitriles is 1. The van der Waals surface area contributed by atoms with Gasteiger partial charge in [0, 0.05) is 6.04 Å². The van der Waals surface area contributed by atoms with E-state index in [0.29, 0.717) is 11.6 Å². The Morgan fingerprint density at radius 3 is 2.59 bits per heavy atom. The fourth-order valence-electron chi connectivity index (χ4n) is 1.68. The Kier molecular flexibility index (Phi) is 4.96. The Morgan fingerprint density at radius 2 is 2.00 bits per heavy atom. The van der Waals surface area contributed by atoms with Gasteiger partial charge in [-0.3, -0.25) is 0 Å². The van der Waals surface area contributed by atoms with Crippen LogP contribution in [0.25, 0.3) is 0 Å². The number of benzene rings is 1. The minimum absolute atomic E-state index is 0.101. The van der Waals surface area contributed by atoms with Crippen LogP contribution in [0, 0.1) is 23.1 Å². The number of hydrogen-bond donors (Lipinski definition) is 1. The van der Waals surface area contributed by atoms with E-state index in [0.717, 1.165) is 12.8 Å². The summed E-state index contributed by atoms with van der Waals surface area (Å²) in [5, 5.41) is 12.1. The molecule has 0 amide bonds. The van der Waals surface area contributed by atoms with E-state index in [1.807, 2.05) is 6.07 Å². The number of hydrogen-bond acceptors (Lipinski definition) is 2. The molecule has 1 unspecified atom stereocenters. The second-order valence-electron chi connectivity index (χ2n) is 4.79. The summed E-state index contributed by atoms with van der Waals surface area (Å²) in [7, 11) is 0. The molecule has 0 saturated carbocycles. The molecule has 0 aliphatic rings. The first-order valence-electron chi connectivity index (χ1n) is 5.99. The van der Waals surface area contributed by atoms with Crippen LogP contribution in [0.15, 0.2) is 18.2 Å². The Labute approximate surface area is 102 Å². The third-order valence-corrected chi connectivity index (χ3v) is 2.70. The van der Waals surface area contributed by atoms with Gasteiger partial charge in [0.05, 0.1) is 5.69 Å². The maximum absolute atomic E-state index is 13.4. The molecule has 1 rings (SSSR count). The second kappa shape index (κ2) is 6.24. The zero-order chi connectivity index (χ0) is 12.8. The van der Waals surface area contributed by atoms with Crippen LogP contribution in [-0.4, -0.2) is 6.04 Å². The normalized spacial score (nSPS) is 12.2. The standard InChI is InChI=1S/C14H19FN2/c1-10(2)7-8-11(3)17-14-6-4-5-13(15)12(14)9-16/h4-6,10-11,17H,7-8H2,1-3H3. The van der Waals surface area contributed by atoms with Crippen LogP contribution in [-0.2, 0) is 0 Å². The van der Waals surface area contributed by atoms with Gasteiger partial charge in [0.25, 0.3) is 0 Å². The summed E-state index contributed by atoms with van der Waals surface area (Å²) in [6, 6.07) is 6.81. The smallest absolute Gasteiger partial charge is 0.143 e. The van der Waals surface area contributed by atoms with Gasteiger partial charge in [-0.15, -0.1) is 0 Å². The van der Waals surface area contributed by atoms with E-state index in [9.17, 15) is 4.39 Å². The largest absolute Gasteiger partial charge is 0.381 e. The van der Waals surface area contributed by atoms with Gasteiger partial charge < -0.3 is 5.32 Å². The van der Waals surface area contributed by atoms with E-state index in [1.165, 1.54) is 6.07 Å². The highest BCUT2D eigenvalue weighted by atomic mass is 19.1. The summed E-state index contributed by atoms with van der Waals surface area (Å²) in [6.07, 6.45) is 2.13. The molecule has 0 heterocycles. The van der Waals surface area contributed by atoms with Gasteiger partial charge in [0.2, 0.25) is 0 Å². The Balaban J connectivity index is 2.69. The first kappa shape index (κ1) is 13.5. The van der Waals surface area contributed by atoms with Crippen molar-refractivity contribution < 1.29 is 4.39 Å². The lowest BCUT2D eigenvalue weighted by atomic mass is 10.0. The molecule has 1 N–H and O–H groups in total. The monoisotopic (exact) mass is 234 g/mol.